The van der Waals surface area contributed by atoms with E-state index >= 15 is 0 Å². The lowest BCUT2D eigenvalue weighted by Crippen LogP contribution is -2.37. The molecule has 0 unspecified atom stereocenters. The summed E-state index contributed by atoms with van der Waals surface area (Å²) in [6, 6.07) is 6.65. The molecule has 1 heterocycles. The van der Waals surface area contributed by atoms with Crippen LogP contribution in [0.15, 0.2) is 24.3 Å². The fourth-order valence-electron chi connectivity index (χ4n) is 2.06. The van der Waals surface area contributed by atoms with Gasteiger partial charge in [0.25, 0.3) is 0 Å². The van der Waals surface area contributed by atoms with Crippen LogP contribution >= 0.6 is 11.6 Å². The topological polar surface area (TPSA) is 72.8 Å². The molecule has 7 heteroatoms. The van der Waals surface area contributed by atoms with Crippen molar-refractivity contribution in [2.24, 2.45) is 0 Å². The van der Waals surface area contributed by atoms with E-state index in [0.29, 0.717) is 10.6 Å². The van der Waals surface area contributed by atoms with Crippen molar-refractivity contribution in [1.29, 1.82) is 0 Å². The van der Waals surface area contributed by atoms with E-state index in [-0.39, 0.29) is 24.7 Å². The van der Waals surface area contributed by atoms with Gasteiger partial charge in [-0.05, 0) is 12.1 Å². The molecule has 1 aromatic rings. The molecule has 0 aromatic heterocycles. The molecule has 1 saturated heterocycles. The van der Waals surface area contributed by atoms with Gasteiger partial charge in [-0.25, -0.2) is 8.42 Å². The summed E-state index contributed by atoms with van der Waals surface area (Å²) >= 11 is 5.84. The summed E-state index contributed by atoms with van der Waals surface area (Å²) in [5.41, 5.74) is 0.579. The number of sulfone groups is 1. The smallest absolute Gasteiger partial charge is 0.209 e. The summed E-state index contributed by atoms with van der Waals surface area (Å²) in [6.45, 7) is 1.50. The molecule has 1 fully saturated rings. The summed E-state index contributed by atoms with van der Waals surface area (Å²) in [6.07, 6.45) is -0.530. The first-order valence-corrected chi connectivity index (χ1v) is 8.50. The van der Waals surface area contributed by atoms with Crippen LogP contribution in [0, 0.1) is 0 Å². The van der Waals surface area contributed by atoms with E-state index in [0.717, 1.165) is 0 Å². The van der Waals surface area contributed by atoms with Crippen LogP contribution in [0.5, 0.6) is 0 Å². The Hall–Kier alpha value is -0.660. The molecule has 0 spiro atoms. The maximum Gasteiger partial charge on any atom is 0.209 e. The van der Waals surface area contributed by atoms with E-state index in [1.165, 1.54) is 0 Å². The first-order valence-electron chi connectivity index (χ1n) is 6.30. The second-order valence-electron chi connectivity index (χ2n) is 4.67. The minimum Gasteiger partial charge on any atom is -0.394 e. The van der Waals surface area contributed by atoms with Gasteiger partial charge in [0.2, 0.25) is 5.79 Å². The van der Waals surface area contributed by atoms with Crippen molar-refractivity contribution in [2.75, 3.05) is 24.7 Å². The first-order chi connectivity index (χ1) is 9.41. The Labute approximate surface area is 123 Å². The lowest BCUT2D eigenvalue weighted by Gasteiger charge is -2.28. The van der Waals surface area contributed by atoms with Crippen molar-refractivity contribution in [2.45, 2.75) is 18.8 Å². The molecule has 1 aliphatic heterocycles. The molecular weight excluding hydrogens is 304 g/mol. The molecule has 1 aliphatic rings. The monoisotopic (exact) mass is 320 g/mol. The predicted octanol–water partition coefficient (Wildman–Crippen LogP) is 1.34. The van der Waals surface area contributed by atoms with Crippen LogP contribution in [0.2, 0.25) is 5.02 Å². The first kappa shape index (κ1) is 15.7. The van der Waals surface area contributed by atoms with Gasteiger partial charge in [-0.3, -0.25) is 0 Å². The Balaban J connectivity index is 2.37. The van der Waals surface area contributed by atoms with Crippen molar-refractivity contribution in [3.05, 3.63) is 34.9 Å². The largest absolute Gasteiger partial charge is 0.394 e. The van der Waals surface area contributed by atoms with Gasteiger partial charge in [-0.2, -0.15) is 0 Å². The van der Waals surface area contributed by atoms with Crippen LogP contribution in [0.25, 0.3) is 0 Å². The molecule has 0 radical (unpaired) electrons. The second kappa shape index (κ2) is 5.99. The Morgan fingerprint density at radius 3 is 2.55 bits per heavy atom. The SMILES string of the molecule is CCS(=O)(=O)C[C@@]1(c2ccc(Cl)cc2)OC[C@H](CO)O1. The summed E-state index contributed by atoms with van der Waals surface area (Å²) in [4.78, 5) is 0. The number of ether oxygens (including phenoxy) is 2. The summed E-state index contributed by atoms with van der Waals surface area (Å²) in [7, 11) is -3.32. The van der Waals surface area contributed by atoms with E-state index in [2.05, 4.69) is 0 Å². The highest BCUT2D eigenvalue weighted by atomic mass is 35.5. The molecule has 0 amide bonds. The Morgan fingerprint density at radius 1 is 1.40 bits per heavy atom. The number of aliphatic hydroxyl groups is 1. The van der Waals surface area contributed by atoms with Gasteiger partial charge in [-0.1, -0.05) is 30.7 Å². The Bertz CT molecular complexity index is 557. The number of halogens is 1. The molecule has 0 saturated carbocycles. The highest BCUT2D eigenvalue weighted by Gasteiger charge is 2.46. The molecule has 1 N–H and O–H groups in total. The standard InChI is InChI=1S/C13H17ClO5S/c1-2-20(16,17)9-13(18-8-12(7-15)19-13)10-3-5-11(14)6-4-10/h3-6,12,15H,2,7-9H2,1H3/t12-,13+/m0/s1. The van der Waals surface area contributed by atoms with E-state index in [4.69, 9.17) is 26.2 Å². The molecule has 2 atom stereocenters. The quantitative estimate of drug-likeness (QED) is 0.886. The van der Waals surface area contributed by atoms with Gasteiger partial charge in [0, 0.05) is 16.3 Å². The van der Waals surface area contributed by atoms with Gasteiger partial charge in [0.1, 0.15) is 11.9 Å². The lowest BCUT2D eigenvalue weighted by atomic mass is 10.1. The van der Waals surface area contributed by atoms with Crippen LogP contribution < -0.4 is 0 Å². The van der Waals surface area contributed by atoms with Crippen molar-refractivity contribution in [1.82, 2.24) is 0 Å². The van der Waals surface area contributed by atoms with Crippen LogP contribution in [-0.2, 0) is 25.1 Å². The molecule has 112 valence electrons. The molecule has 0 bridgehead atoms. The van der Waals surface area contributed by atoms with Crippen molar-refractivity contribution < 1.29 is 23.0 Å². The average Bonchev–Trinajstić information content (AvgIpc) is 2.83. The molecule has 2 rings (SSSR count). The summed E-state index contributed by atoms with van der Waals surface area (Å²) in [5.74, 6) is -1.65. The number of aliphatic hydroxyl groups excluding tert-OH is 1. The molecule has 1 aromatic carbocycles. The zero-order chi connectivity index (χ0) is 14.8. The minimum atomic E-state index is -3.32. The van der Waals surface area contributed by atoms with E-state index in [1.807, 2.05) is 0 Å². The van der Waals surface area contributed by atoms with Gasteiger partial charge in [0.05, 0.1) is 13.2 Å². The Kier molecular flexibility index (Phi) is 4.71. The summed E-state index contributed by atoms with van der Waals surface area (Å²) < 4.78 is 35.2. The fourth-order valence-corrected chi connectivity index (χ4v) is 3.29. The fraction of sp³-hybridized carbons (Fsp3) is 0.538. The molecular formula is C13H17ClO5S. The van der Waals surface area contributed by atoms with Crippen LogP contribution in [-0.4, -0.2) is 44.3 Å². The lowest BCUT2D eigenvalue weighted by molar-refractivity contribution is -0.162. The number of hydrogen-bond donors (Lipinski definition) is 1. The van der Waals surface area contributed by atoms with Crippen LogP contribution in [0.4, 0.5) is 0 Å². The zero-order valence-corrected chi connectivity index (χ0v) is 12.7. The third kappa shape index (κ3) is 3.32. The van der Waals surface area contributed by atoms with Gasteiger partial charge in [-0.15, -0.1) is 0 Å². The number of hydrogen-bond acceptors (Lipinski definition) is 5. The highest BCUT2D eigenvalue weighted by molar-refractivity contribution is 7.91. The minimum absolute atomic E-state index is 0.00114. The third-order valence-electron chi connectivity index (χ3n) is 3.20. The molecule has 5 nitrogen and oxygen atoms in total. The zero-order valence-electron chi connectivity index (χ0n) is 11.1. The normalized spacial score (nSPS) is 26.9. The maximum absolute atomic E-state index is 11.9. The van der Waals surface area contributed by atoms with Crippen LogP contribution in [0.3, 0.4) is 0 Å². The Morgan fingerprint density at radius 2 is 2.05 bits per heavy atom. The van der Waals surface area contributed by atoms with Crippen LogP contribution in [0.1, 0.15) is 12.5 Å². The maximum atomic E-state index is 11.9. The van der Waals surface area contributed by atoms with E-state index < -0.39 is 21.7 Å². The van der Waals surface area contributed by atoms with Crippen molar-refractivity contribution in [3.63, 3.8) is 0 Å². The van der Waals surface area contributed by atoms with E-state index in [9.17, 15) is 8.42 Å². The van der Waals surface area contributed by atoms with Gasteiger partial charge in [0.15, 0.2) is 9.84 Å². The summed E-state index contributed by atoms with van der Waals surface area (Å²) in [5, 5.41) is 9.71. The van der Waals surface area contributed by atoms with Crippen molar-refractivity contribution >= 4 is 21.4 Å². The van der Waals surface area contributed by atoms with Gasteiger partial charge < -0.3 is 14.6 Å². The molecule has 20 heavy (non-hydrogen) atoms. The number of rotatable bonds is 5. The molecule has 0 aliphatic carbocycles. The van der Waals surface area contributed by atoms with Crippen molar-refractivity contribution in [3.8, 4) is 0 Å². The average molecular weight is 321 g/mol. The van der Waals surface area contributed by atoms with E-state index in [1.54, 1.807) is 31.2 Å². The third-order valence-corrected chi connectivity index (χ3v) is 5.15. The highest BCUT2D eigenvalue weighted by Crippen LogP contribution is 2.36. The van der Waals surface area contributed by atoms with Gasteiger partial charge >= 0.3 is 0 Å². The number of benzene rings is 1. The predicted molar refractivity (Wildman–Crippen MR) is 75.4 cm³/mol. The second-order valence-corrected chi connectivity index (χ2v) is 7.46.